The average molecular weight is 448 g/mol. The molecule has 1 unspecified atom stereocenters. The van der Waals surface area contributed by atoms with E-state index in [-0.39, 0.29) is 17.4 Å². The second-order valence-electron chi connectivity index (χ2n) is 8.29. The minimum absolute atomic E-state index is 0.138. The Hall–Kier alpha value is -2.86. The number of tetrazole rings is 1. The molecular formula is C20H23F3N8O. The van der Waals surface area contributed by atoms with Crippen molar-refractivity contribution in [2.45, 2.75) is 44.6 Å². The van der Waals surface area contributed by atoms with Crippen LogP contribution < -0.4 is 0 Å². The summed E-state index contributed by atoms with van der Waals surface area (Å²) < 4.78 is 46.3. The van der Waals surface area contributed by atoms with Crippen LogP contribution in [0.1, 0.15) is 49.1 Å². The lowest BCUT2D eigenvalue weighted by Crippen LogP contribution is -2.47. The van der Waals surface area contributed by atoms with Crippen molar-refractivity contribution in [2.75, 3.05) is 26.2 Å². The maximum absolute atomic E-state index is 13.0. The van der Waals surface area contributed by atoms with E-state index in [1.165, 1.54) is 6.07 Å². The zero-order chi connectivity index (χ0) is 22.3. The van der Waals surface area contributed by atoms with Gasteiger partial charge in [-0.3, -0.25) is 9.80 Å². The molecule has 9 nitrogen and oxygen atoms in total. The predicted molar refractivity (Wildman–Crippen MR) is 106 cm³/mol. The second kappa shape index (κ2) is 8.24. The van der Waals surface area contributed by atoms with Gasteiger partial charge in [0, 0.05) is 31.7 Å². The van der Waals surface area contributed by atoms with Crippen molar-refractivity contribution < 1.29 is 17.7 Å². The van der Waals surface area contributed by atoms with Crippen LogP contribution in [0.15, 0.2) is 28.8 Å². The normalized spacial score (nSPS) is 19.4. The number of aromatic nitrogens is 6. The summed E-state index contributed by atoms with van der Waals surface area (Å²) in [7, 11) is 0. The molecule has 1 aliphatic carbocycles. The SMILES string of the molecule is CC(c1nc(-c2cccc(C(F)(F)F)c2)no1)N1CCN(Cc2nnnn2C2CC2)CC1. The Kier molecular flexibility index (Phi) is 5.41. The number of piperazine rings is 1. The molecule has 5 rings (SSSR count). The molecule has 1 aromatic carbocycles. The average Bonchev–Trinajstić information content (AvgIpc) is 3.31. The molecule has 0 spiro atoms. The zero-order valence-corrected chi connectivity index (χ0v) is 17.5. The van der Waals surface area contributed by atoms with Crippen LogP contribution in [0.3, 0.4) is 0 Å². The van der Waals surface area contributed by atoms with Crippen molar-refractivity contribution in [3.63, 3.8) is 0 Å². The van der Waals surface area contributed by atoms with Gasteiger partial charge in [-0.05, 0) is 42.3 Å². The van der Waals surface area contributed by atoms with E-state index in [0.29, 0.717) is 18.5 Å². The molecule has 1 saturated carbocycles. The molecular weight excluding hydrogens is 425 g/mol. The summed E-state index contributed by atoms with van der Waals surface area (Å²) in [5.74, 6) is 1.45. The van der Waals surface area contributed by atoms with Crippen LogP contribution in [-0.4, -0.2) is 66.3 Å². The minimum atomic E-state index is -4.42. The topological polar surface area (TPSA) is 89.0 Å². The molecule has 32 heavy (non-hydrogen) atoms. The highest BCUT2D eigenvalue weighted by atomic mass is 19.4. The molecule has 2 aliphatic rings. The van der Waals surface area contributed by atoms with Gasteiger partial charge < -0.3 is 4.52 Å². The summed E-state index contributed by atoms with van der Waals surface area (Å²) in [6.45, 7) is 5.96. The summed E-state index contributed by atoms with van der Waals surface area (Å²) in [4.78, 5) is 8.91. The van der Waals surface area contributed by atoms with E-state index >= 15 is 0 Å². The summed E-state index contributed by atoms with van der Waals surface area (Å²) in [6.07, 6.45) is -2.15. The fourth-order valence-electron chi connectivity index (χ4n) is 3.94. The first kappa shape index (κ1) is 21.0. The Balaban J connectivity index is 1.20. The van der Waals surface area contributed by atoms with E-state index in [0.717, 1.165) is 57.0 Å². The molecule has 12 heteroatoms. The fourth-order valence-corrected chi connectivity index (χ4v) is 3.94. The van der Waals surface area contributed by atoms with E-state index in [2.05, 4.69) is 35.5 Å². The number of alkyl halides is 3. The van der Waals surface area contributed by atoms with Gasteiger partial charge in [0.25, 0.3) is 0 Å². The Morgan fingerprint density at radius 3 is 2.66 bits per heavy atom. The summed E-state index contributed by atoms with van der Waals surface area (Å²) in [6, 6.07) is 5.26. The molecule has 1 saturated heterocycles. The smallest absolute Gasteiger partial charge is 0.337 e. The number of hydrogen-bond donors (Lipinski definition) is 0. The first-order valence-electron chi connectivity index (χ1n) is 10.6. The van der Waals surface area contributed by atoms with Gasteiger partial charge in [-0.2, -0.15) is 18.2 Å². The molecule has 3 heterocycles. The Labute approximate surface area is 182 Å². The van der Waals surface area contributed by atoms with Crippen molar-refractivity contribution in [1.82, 2.24) is 40.1 Å². The molecule has 0 radical (unpaired) electrons. The second-order valence-corrected chi connectivity index (χ2v) is 8.29. The van der Waals surface area contributed by atoms with Crippen LogP contribution in [0.4, 0.5) is 13.2 Å². The van der Waals surface area contributed by atoms with Crippen LogP contribution in [0.5, 0.6) is 0 Å². The zero-order valence-electron chi connectivity index (χ0n) is 17.5. The summed E-state index contributed by atoms with van der Waals surface area (Å²) >= 11 is 0. The van der Waals surface area contributed by atoms with Crippen LogP contribution in [0.2, 0.25) is 0 Å². The molecule has 0 amide bonds. The highest BCUT2D eigenvalue weighted by Crippen LogP contribution is 2.35. The maximum Gasteiger partial charge on any atom is 0.416 e. The first-order chi connectivity index (χ1) is 15.4. The van der Waals surface area contributed by atoms with E-state index in [1.54, 1.807) is 6.07 Å². The van der Waals surface area contributed by atoms with Crippen molar-refractivity contribution in [3.8, 4) is 11.4 Å². The number of hydrogen-bond acceptors (Lipinski definition) is 8. The molecule has 1 aliphatic heterocycles. The van der Waals surface area contributed by atoms with E-state index in [4.69, 9.17) is 4.52 Å². The van der Waals surface area contributed by atoms with E-state index in [1.807, 2.05) is 11.6 Å². The molecule has 2 aromatic heterocycles. The Morgan fingerprint density at radius 1 is 1.16 bits per heavy atom. The fraction of sp³-hybridized carbons (Fsp3) is 0.550. The lowest BCUT2D eigenvalue weighted by molar-refractivity contribution is -0.137. The number of rotatable bonds is 6. The van der Waals surface area contributed by atoms with Crippen LogP contribution in [-0.2, 0) is 12.7 Å². The third-order valence-electron chi connectivity index (χ3n) is 6.02. The monoisotopic (exact) mass is 448 g/mol. The van der Waals surface area contributed by atoms with Crippen LogP contribution in [0, 0.1) is 0 Å². The largest absolute Gasteiger partial charge is 0.416 e. The van der Waals surface area contributed by atoms with Crippen molar-refractivity contribution in [1.29, 1.82) is 0 Å². The molecule has 0 N–H and O–H groups in total. The number of benzene rings is 1. The van der Waals surface area contributed by atoms with Crippen molar-refractivity contribution in [2.24, 2.45) is 0 Å². The molecule has 1 atom stereocenters. The molecule has 170 valence electrons. The van der Waals surface area contributed by atoms with E-state index in [9.17, 15) is 13.2 Å². The van der Waals surface area contributed by atoms with Gasteiger partial charge in [-0.15, -0.1) is 5.10 Å². The third kappa shape index (κ3) is 4.37. The number of halogens is 3. The molecule has 2 fully saturated rings. The van der Waals surface area contributed by atoms with Gasteiger partial charge in [0.2, 0.25) is 11.7 Å². The van der Waals surface area contributed by atoms with Gasteiger partial charge >= 0.3 is 6.18 Å². The first-order valence-corrected chi connectivity index (χ1v) is 10.6. The molecule has 0 bridgehead atoms. The summed E-state index contributed by atoms with van der Waals surface area (Å²) in [5, 5.41) is 16.0. The van der Waals surface area contributed by atoms with Gasteiger partial charge in [0.15, 0.2) is 5.82 Å². The molecule has 3 aromatic rings. The van der Waals surface area contributed by atoms with Crippen LogP contribution in [0.25, 0.3) is 11.4 Å². The minimum Gasteiger partial charge on any atom is -0.337 e. The number of nitrogens with zero attached hydrogens (tertiary/aromatic N) is 8. The van der Waals surface area contributed by atoms with Gasteiger partial charge in [0.05, 0.1) is 24.2 Å². The van der Waals surface area contributed by atoms with Crippen molar-refractivity contribution >= 4 is 0 Å². The maximum atomic E-state index is 13.0. The lowest BCUT2D eigenvalue weighted by atomic mass is 10.1. The van der Waals surface area contributed by atoms with E-state index < -0.39 is 11.7 Å². The predicted octanol–water partition coefficient (Wildman–Crippen LogP) is 2.96. The van der Waals surface area contributed by atoms with Crippen LogP contribution >= 0.6 is 0 Å². The highest BCUT2D eigenvalue weighted by molar-refractivity contribution is 5.55. The highest BCUT2D eigenvalue weighted by Gasteiger charge is 2.32. The summed E-state index contributed by atoms with van der Waals surface area (Å²) in [5.41, 5.74) is -0.460. The van der Waals surface area contributed by atoms with Gasteiger partial charge in [-0.1, -0.05) is 17.3 Å². The standard InChI is InChI=1S/C20H23F3N8O/c1-13(19-24-18(26-32-19)14-3-2-4-15(11-14)20(21,22)23)30-9-7-29(8-10-30)12-17-25-27-28-31(17)16-5-6-16/h2-4,11,13,16H,5-10,12H2,1H3. The quantitative estimate of drug-likeness (QED) is 0.569. The Morgan fingerprint density at radius 2 is 1.94 bits per heavy atom. The Bertz CT molecular complexity index is 1070. The van der Waals surface area contributed by atoms with Gasteiger partial charge in [0.1, 0.15) is 0 Å². The van der Waals surface area contributed by atoms with Crippen molar-refractivity contribution in [3.05, 3.63) is 41.5 Å². The lowest BCUT2D eigenvalue weighted by Gasteiger charge is -2.36. The third-order valence-corrected chi connectivity index (χ3v) is 6.02. The van der Waals surface area contributed by atoms with Gasteiger partial charge in [-0.25, -0.2) is 4.68 Å².